The van der Waals surface area contributed by atoms with E-state index in [4.69, 9.17) is 4.74 Å². The molecule has 1 aromatic carbocycles. The van der Waals surface area contributed by atoms with E-state index < -0.39 is 16.6 Å². The van der Waals surface area contributed by atoms with E-state index in [-0.39, 0.29) is 11.8 Å². The fourth-order valence-corrected chi connectivity index (χ4v) is 6.00. The van der Waals surface area contributed by atoms with Gasteiger partial charge in [0.15, 0.2) is 0 Å². The van der Waals surface area contributed by atoms with Gasteiger partial charge >= 0.3 is 0 Å². The SMILES string of the molecule is COc1ccccc1C1CCN(C(=O)C2(NC(=O)C3=CC(C)(C)N(O)C3(C)C)CCNCC2)CC1. The summed E-state index contributed by atoms with van der Waals surface area (Å²) < 4.78 is 5.55. The molecule has 1 aromatic rings. The van der Waals surface area contributed by atoms with Crippen LogP contribution in [0.5, 0.6) is 5.75 Å². The van der Waals surface area contributed by atoms with Gasteiger partial charge in [-0.3, -0.25) is 9.59 Å². The summed E-state index contributed by atoms with van der Waals surface area (Å²) in [6.07, 6.45) is 4.62. The summed E-state index contributed by atoms with van der Waals surface area (Å²) in [7, 11) is 1.69. The molecule has 8 heteroatoms. The van der Waals surface area contributed by atoms with Crippen molar-refractivity contribution in [1.29, 1.82) is 0 Å². The molecule has 192 valence electrons. The van der Waals surface area contributed by atoms with Crippen LogP contribution in [-0.2, 0) is 9.59 Å². The maximum absolute atomic E-state index is 13.9. The van der Waals surface area contributed by atoms with Gasteiger partial charge < -0.3 is 25.5 Å². The summed E-state index contributed by atoms with van der Waals surface area (Å²) in [6.45, 7) is 10.0. The number of carbonyl (C=O) groups is 2. The first-order valence-corrected chi connectivity index (χ1v) is 12.7. The Morgan fingerprint density at radius 3 is 2.29 bits per heavy atom. The van der Waals surface area contributed by atoms with Gasteiger partial charge in [0.05, 0.1) is 18.2 Å². The fourth-order valence-electron chi connectivity index (χ4n) is 6.00. The molecule has 2 amide bonds. The normalized spacial score (nSPS) is 24.1. The van der Waals surface area contributed by atoms with Crippen LogP contribution in [0.15, 0.2) is 35.9 Å². The lowest BCUT2D eigenvalue weighted by atomic mass is 9.83. The van der Waals surface area contributed by atoms with Gasteiger partial charge in [-0.25, -0.2) is 0 Å². The third-order valence-electron chi connectivity index (χ3n) is 8.06. The zero-order valence-electron chi connectivity index (χ0n) is 21.7. The van der Waals surface area contributed by atoms with Crippen LogP contribution in [0, 0.1) is 0 Å². The van der Waals surface area contributed by atoms with E-state index >= 15 is 0 Å². The molecular formula is C27H40N4O4. The summed E-state index contributed by atoms with van der Waals surface area (Å²) in [5.74, 6) is 0.963. The molecule has 4 rings (SSSR count). The number of benzene rings is 1. The van der Waals surface area contributed by atoms with Crippen LogP contribution in [0.3, 0.4) is 0 Å². The van der Waals surface area contributed by atoms with Gasteiger partial charge in [0.2, 0.25) is 11.8 Å². The minimum Gasteiger partial charge on any atom is -0.496 e. The maximum Gasteiger partial charge on any atom is 0.249 e. The lowest BCUT2D eigenvalue weighted by Gasteiger charge is -2.43. The Morgan fingerprint density at radius 2 is 1.71 bits per heavy atom. The summed E-state index contributed by atoms with van der Waals surface area (Å²) in [6, 6.07) is 8.10. The number of hydroxylamine groups is 2. The predicted octanol–water partition coefficient (Wildman–Crippen LogP) is 2.83. The number of ether oxygens (including phenoxy) is 1. The highest BCUT2D eigenvalue weighted by molar-refractivity contribution is 6.01. The summed E-state index contributed by atoms with van der Waals surface area (Å²) in [5.41, 5.74) is -0.771. The zero-order chi connectivity index (χ0) is 25.4. The number of hydrogen-bond acceptors (Lipinski definition) is 6. The largest absolute Gasteiger partial charge is 0.496 e. The zero-order valence-corrected chi connectivity index (χ0v) is 21.7. The number of hydrogen-bond donors (Lipinski definition) is 3. The molecule has 35 heavy (non-hydrogen) atoms. The van der Waals surface area contributed by atoms with Crippen LogP contribution in [0.4, 0.5) is 0 Å². The maximum atomic E-state index is 13.9. The second-order valence-corrected chi connectivity index (χ2v) is 11.2. The molecule has 0 unspecified atom stereocenters. The Balaban J connectivity index is 1.50. The Kier molecular flexibility index (Phi) is 7.01. The molecule has 2 saturated heterocycles. The van der Waals surface area contributed by atoms with Crippen molar-refractivity contribution in [2.75, 3.05) is 33.3 Å². The molecule has 3 heterocycles. The number of nitrogens with one attached hydrogen (secondary N) is 2. The number of rotatable bonds is 5. The van der Waals surface area contributed by atoms with E-state index in [1.165, 1.54) is 10.6 Å². The molecular weight excluding hydrogens is 444 g/mol. The van der Waals surface area contributed by atoms with Gasteiger partial charge in [-0.2, -0.15) is 5.06 Å². The highest BCUT2D eigenvalue weighted by atomic mass is 16.5. The Labute approximate surface area is 208 Å². The molecule has 0 radical (unpaired) electrons. The Morgan fingerprint density at radius 1 is 1.09 bits per heavy atom. The van der Waals surface area contributed by atoms with Crippen molar-refractivity contribution in [1.82, 2.24) is 20.6 Å². The number of amides is 2. The van der Waals surface area contributed by atoms with Crippen molar-refractivity contribution >= 4 is 11.8 Å². The van der Waals surface area contributed by atoms with Crippen LogP contribution in [0.2, 0.25) is 0 Å². The molecule has 0 bridgehead atoms. The molecule has 0 aromatic heterocycles. The van der Waals surface area contributed by atoms with Gasteiger partial charge in [0.1, 0.15) is 11.3 Å². The average molecular weight is 485 g/mol. The molecule has 0 saturated carbocycles. The van der Waals surface area contributed by atoms with E-state index in [0.717, 1.165) is 18.6 Å². The second kappa shape index (κ2) is 9.56. The number of likely N-dealkylation sites (tertiary alicyclic amines) is 1. The van der Waals surface area contributed by atoms with Gasteiger partial charge in [-0.05, 0) is 84.0 Å². The molecule has 3 aliphatic rings. The lowest BCUT2D eigenvalue weighted by Crippen LogP contribution is -2.65. The smallest absolute Gasteiger partial charge is 0.249 e. The molecule has 0 spiro atoms. The Bertz CT molecular complexity index is 989. The standard InChI is InChI=1S/C27H40N4O4/c1-25(2)18-21(26(3,4)31(25)34)23(32)29-27(12-14-28-15-13-27)24(33)30-16-10-19(11-17-30)20-8-6-7-9-22(20)35-5/h6-9,18-19,28,34H,10-17H2,1-5H3,(H,29,32). The quantitative estimate of drug-likeness (QED) is 0.595. The minimum atomic E-state index is -0.941. The van der Waals surface area contributed by atoms with Crippen LogP contribution < -0.4 is 15.4 Å². The van der Waals surface area contributed by atoms with Crippen molar-refractivity contribution < 1.29 is 19.5 Å². The molecule has 8 nitrogen and oxygen atoms in total. The number of methoxy groups -OCH3 is 1. The molecule has 3 aliphatic heterocycles. The second-order valence-electron chi connectivity index (χ2n) is 11.2. The van der Waals surface area contributed by atoms with Crippen LogP contribution in [-0.4, -0.2) is 76.9 Å². The first-order chi connectivity index (χ1) is 16.5. The molecule has 3 N–H and O–H groups in total. The molecule has 0 atom stereocenters. The monoisotopic (exact) mass is 484 g/mol. The van der Waals surface area contributed by atoms with Crippen LogP contribution >= 0.6 is 0 Å². The molecule has 2 fully saturated rings. The molecule has 0 aliphatic carbocycles. The third-order valence-corrected chi connectivity index (χ3v) is 8.06. The highest BCUT2D eigenvalue weighted by Crippen LogP contribution is 2.39. The van der Waals surface area contributed by atoms with E-state index in [9.17, 15) is 14.8 Å². The van der Waals surface area contributed by atoms with E-state index in [2.05, 4.69) is 16.7 Å². The predicted molar refractivity (Wildman–Crippen MR) is 134 cm³/mol. The summed E-state index contributed by atoms with van der Waals surface area (Å²) in [4.78, 5) is 29.4. The van der Waals surface area contributed by atoms with Gasteiger partial charge in [-0.15, -0.1) is 0 Å². The van der Waals surface area contributed by atoms with Crippen LogP contribution in [0.25, 0.3) is 0 Å². The minimum absolute atomic E-state index is 0.00217. The number of para-hydroxylation sites is 1. The summed E-state index contributed by atoms with van der Waals surface area (Å²) in [5, 5.41) is 18.3. The van der Waals surface area contributed by atoms with Gasteiger partial charge in [-0.1, -0.05) is 24.3 Å². The lowest BCUT2D eigenvalue weighted by molar-refractivity contribution is -0.186. The number of nitrogens with zero attached hydrogens (tertiary/aromatic N) is 2. The van der Waals surface area contributed by atoms with E-state index in [1.54, 1.807) is 13.2 Å². The number of piperidine rings is 2. The van der Waals surface area contributed by atoms with E-state index in [0.29, 0.717) is 50.5 Å². The first-order valence-electron chi connectivity index (χ1n) is 12.7. The average Bonchev–Trinajstić information content (AvgIpc) is 3.03. The third kappa shape index (κ3) is 4.71. The van der Waals surface area contributed by atoms with Crippen molar-refractivity contribution in [3.8, 4) is 5.75 Å². The van der Waals surface area contributed by atoms with Crippen LogP contribution in [0.1, 0.15) is 64.9 Å². The van der Waals surface area contributed by atoms with Crippen molar-refractivity contribution in [3.63, 3.8) is 0 Å². The number of carbonyl (C=O) groups excluding carboxylic acids is 2. The van der Waals surface area contributed by atoms with Gasteiger partial charge in [0.25, 0.3) is 0 Å². The van der Waals surface area contributed by atoms with Crippen molar-refractivity contribution in [2.24, 2.45) is 0 Å². The topological polar surface area (TPSA) is 94.1 Å². The van der Waals surface area contributed by atoms with Crippen molar-refractivity contribution in [3.05, 3.63) is 41.5 Å². The summed E-state index contributed by atoms with van der Waals surface area (Å²) >= 11 is 0. The fraction of sp³-hybridized carbons (Fsp3) is 0.630. The van der Waals surface area contributed by atoms with Gasteiger partial charge in [0, 0.05) is 18.7 Å². The highest BCUT2D eigenvalue weighted by Gasteiger charge is 2.50. The Hall–Kier alpha value is -2.42. The van der Waals surface area contributed by atoms with E-state index in [1.807, 2.05) is 50.8 Å². The van der Waals surface area contributed by atoms with Crippen molar-refractivity contribution in [2.45, 2.75) is 75.9 Å². The first kappa shape index (κ1) is 25.7.